The van der Waals surface area contributed by atoms with Gasteiger partial charge in [-0.25, -0.2) is 9.40 Å². The molecule has 2 aliphatic rings. The van der Waals surface area contributed by atoms with E-state index in [4.69, 9.17) is 5.73 Å². The molecule has 2 unspecified atom stereocenters. The highest BCUT2D eigenvalue weighted by Gasteiger charge is 2.54. The third kappa shape index (κ3) is 5.04. The third-order valence-electron chi connectivity index (χ3n) is 7.62. The van der Waals surface area contributed by atoms with Crippen molar-refractivity contribution in [3.05, 3.63) is 71.7 Å². The van der Waals surface area contributed by atoms with Gasteiger partial charge in [0.15, 0.2) is 0 Å². The lowest BCUT2D eigenvalue weighted by atomic mass is 9.73. The fourth-order valence-corrected chi connectivity index (χ4v) is 5.51. The summed E-state index contributed by atoms with van der Waals surface area (Å²) in [6.07, 6.45) is 2.80. The number of carbonyl (C=O) groups excluding carboxylic acids is 3. The lowest BCUT2D eigenvalue weighted by Crippen LogP contribution is -2.61. The summed E-state index contributed by atoms with van der Waals surface area (Å²) in [4.78, 5) is 45.4. The molecule has 2 atom stereocenters. The van der Waals surface area contributed by atoms with Crippen molar-refractivity contribution >= 4 is 34.3 Å². The number of rotatable bonds is 7. The maximum Gasteiger partial charge on any atom is 0.256 e. The van der Waals surface area contributed by atoms with Crippen molar-refractivity contribution in [3.8, 4) is 0 Å². The first-order valence-electron chi connectivity index (χ1n) is 13.0. The molecule has 5 rings (SSSR count). The summed E-state index contributed by atoms with van der Waals surface area (Å²) < 4.78 is 13.6. The molecule has 204 valence electrons. The predicted octanol–water partition coefficient (Wildman–Crippen LogP) is 2.36. The minimum atomic E-state index is -1.19. The van der Waals surface area contributed by atoms with Crippen LogP contribution in [0.5, 0.6) is 0 Å². The molecule has 3 aromatic rings. The van der Waals surface area contributed by atoms with Crippen LogP contribution in [0.2, 0.25) is 0 Å². The van der Waals surface area contributed by atoms with Crippen LogP contribution in [0.25, 0.3) is 10.9 Å². The molecule has 2 aromatic carbocycles. The highest BCUT2D eigenvalue weighted by atomic mass is 19.1. The van der Waals surface area contributed by atoms with E-state index in [-0.39, 0.29) is 37.0 Å². The number of nitrogens with one attached hydrogen (secondary N) is 2. The van der Waals surface area contributed by atoms with E-state index in [1.165, 1.54) is 17.1 Å². The lowest BCUT2D eigenvalue weighted by Gasteiger charge is -2.41. The summed E-state index contributed by atoms with van der Waals surface area (Å²) in [6, 6.07) is 12.9. The molecule has 9 nitrogen and oxygen atoms in total. The maximum absolute atomic E-state index is 14.1. The van der Waals surface area contributed by atoms with Crippen LogP contribution in [-0.4, -0.2) is 70.0 Å². The second kappa shape index (κ2) is 9.92. The molecule has 1 aromatic heterocycles. The summed E-state index contributed by atoms with van der Waals surface area (Å²) in [6.45, 7) is 3.64. The number of aromatic nitrogens is 1. The number of nitrogens with two attached hydrogens (primary N) is 1. The molecule has 4 N–H and O–H groups in total. The number of hydrogen-bond donors (Lipinski definition) is 3. The Morgan fingerprint density at radius 3 is 2.64 bits per heavy atom. The van der Waals surface area contributed by atoms with Gasteiger partial charge in [-0.3, -0.25) is 14.4 Å². The maximum atomic E-state index is 14.1. The molecule has 39 heavy (non-hydrogen) atoms. The van der Waals surface area contributed by atoms with E-state index < -0.39 is 22.9 Å². The van der Waals surface area contributed by atoms with Crippen molar-refractivity contribution in [1.82, 2.24) is 20.2 Å². The zero-order valence-electron chi connectivity index (χ0n) is 22.3. The van der Waals surface area contributed by atoms with Crippen molar-refractivity contribution in [3.63, 3.8) is 0 Å². The fraction of sp³-hybridized carbons (Fsp3) is 0.379. The van der Waals surface area contributed by atoms with Gasteiger partial charge in [0.05, 0.1) is 11.3 Å². The lowest BCUT2D eigenvalue weighted by molar-refractivity contribution is -0.142. The van der Waals surface area contributed by atoms with Gasteiger partial charge in [-0.1, -0.05) is 30.3 Å². The van der Waals surface area contributed by atoms with Crippen molar-refractivity contribution in [2.24, 2.45) is 16.3 Å². The zero-order valence-corrected chi connectivity index (χ0v) is 22.3. The number of aromatic amines is 1. The van der Waals surface area contributed by atoms with Gasteiger partial charge < -0.3 is 20.9 Å². The minimum Gasteiger partial charge on any atom is -0.361 e. The fourth-order valence-electron chi connectivity index (χ4n) is 5.51. The second-order valence-electron chi connectivity index (χ2n) is 11.1. The van der Waals surface area contributed by atoms with E-state index in [0.29, 0.717) is 18.7 Å². The molecular formula is C29H33FN6O3. The van der Waals surface area contributed by atoms with Gasteiger partial charge in [-0.2, -0.15) is 5.10 Å². The number of fused-ring (bicyclic) bond motifs is 2. The second-order valence-corrected chi connectivity index (χ2v) is 11.1. The highest BCUT2D eigenvalue weighted by Crippen LogP contribution is 2.38. The number of hydrazone groups is 1. The Balaban J connectivity index is 1.45. The number of piperidine rings is 1. The monoisotopic (exact) mass is 532 g/mol. The van der Waals surface area contributed by atoms with Crippen LogP contribution in [0.1, 0.15) is 31.4 Å². The number of H-pyrrole nitrogens is 1. The average Bonchev–Trinajstić information content (AvgIpc) is 3.42. The Morgan fingerprint density at radius 1 is 1.21 bits per heavy atom. The number of halogens is 1. The Bertz CT molecular complexity index is 1460. The first kappa shape index (κ1) is 26.6. The predicted molar refractivity (Wildman–Crippen MR) is 146 cm³/mol. The number of likely N-dealkylation sites (tertiary alicyclic amines) is 1. The standard InChI is InChI=1S/C29H33FN6O3/c1-28(2,31)26(38)33-23(14-19-16-32-22-7-5-4-6-21(19)22)25(37)36-13-12-24-29(17-36,27(39)35(3)34-24)15-18-8-10-20(30)11-9-18/h4-11,16,23,32H,12-15,17,31H2,1-3H3,(H,33,38). The zero-order chi connectivity index (χ0) is 27.9. The summed E-state index contributed by atoms with van der Waals surface area (Å²) in [5.74, 6) is -1.31. The van der Waals surface area contributed by atoms with Gasteiger partial charge in [0, 0.05) is 50.1 Å². The summed E-state index contributed by atoms with van der Waals surface area (Å²) >= 11 is 0. The summed E-state index contributed by atoms with van der Waals surface area (Å²) in [7, 11) is 1.61. The van der Waals surface area contributed by atoms with E-state index in [1.807, 2.05) is 30.5 Å². The van der Waals surface area contributed by atoms with Crippen LogP contribution in [0.15, 0.2) is 59.8 Å². The first-order chi connectivity index (χ1) is 18.5. The Morgan fingerprint density at radius 2 is 1.92 bits per heavy atom. The minimum absolute atomic E-state index is 0.109. The molecule has 0 aliphatic carbocycles. The molecule has 1 saturated heterocycles. The molecule has 2 aliphatic heterocycles. The van der Waals surface area contributed by atoms with Gasteiger partial charge in [0.1, 0.15) is 17.3 Å². The van der Waals surface area contributed by atoms with Crippen LogP contribution in [-0.2, 0) is 27.2 Å². The molecule has 0 spiro atoms. The number of para-hydroxylation sites is 1. The number of nitrogens with zero attached hydrogens (tertiary/aromatic N) is 3. The van der Waals surface area contributed by atoms with Gasteiger partial charge in [-0.05, 0) is 49.6 Å². The van der Waals surface area contributed by atoms with Crippen molar-refractivity contribution in [2.75, 3.05) is 20.1 Å². The van der Waals surface area contributed by atoms with Gasteiger partial charge in [-0.15, -0.1) is 0 Å². The van der Waals surface area contributed by atoms with Crippen LogP contribution in [0.3, 0.4) is 0 Å². The van der Waals surface area contributed by atoms with E-state index in [9.17, 15) is 18.8 Å². The normalized spacial score (nSPS) is 20.1. The van der Waals surface area contributed by atoms with Crippen LogP contribution >= 0.6 is 0 Å². The molecule has 10 heteroatoms. The number of benzene rings is 2. The van der Waals surface area contributed by atoms with Crippen molar-refractivity contribution in [2.45, 2.75) is 44.7 Å². The van der Waals surface area contributed by atoms with Crippen molar-refractivity contribution in [1.29, 1.82) is 0 Å². The van der Waals surface area contributed by atoms with E-state index in [1.54, 1.807) is 37.9 Å². The van der Waals surface area contributed by atoms with Gasteiger partial charge in [0.2, 0.25) is 11.8 Å². The average molecular weight is 533 g/mol. The molecule has 3 amide bonds. The van der Waals surface area contributed by atoms with Gasteiger partial charge in [0.25, 0.3) is 5.91 Å². The molecule has 0 bridgehead atoms. The van der Waals surface area contributed by atoms with E-state index in [0.717, 1.165) is 22.0 Å². The molecule has 0 saturated carbocycles. The molecule has 1 fully saturated rings. The highest BCUT2D eigenvalue weighted by molar-refractivity contribution is 6.13. The number of carbonyl (C=O) groups is 3. The van der Waals surface area contributed by atoms with E-state index >= 15 is 0 Å². The van der Waals surface area contributed by atoms with Crippen LogP contribution in [0, 0.1) is 11.2 Å². The third-order valence-corrected chi connectivity index (χ3v) is 7.62. The number of amides is 3. The summed E-state index contributed by atoms with van der Waals surface area (Å²) in [5.41, 5.74) is 7.12. The Labute approximate surface area is 226 Å². The van der Waals surface area contributed by atoms with Crippen LogP contribution < -0.4 is 11.1 Å². The Kier molecular flexibility index (Phi) is 6.76. The first-order valence-corrected chi connectivity index (χ1v) is 13.0. The van der Waals surface area contributed by atoms with E-state index in [2.05, 4.69) is 15.4 Å². The van der Waals surface area contributed by atoms with Gasteiger partial charge >= 0.3 is 0 Å². The molecule has 0 radical (unpaired) electrons. The Hall–Kier alpha value is -4.05. The smallest absolute Gasteiger partial charge is 0.256 e. The molecule has 3 heterocycles. The van der Waals surface area contributed by atoms with Crippen molar-refractivity contribution < 1.29 is 18.8 Å². The quantitative estimate of drug-likeness (QED) is 0.432. The largest absolute Gasteiger partial charge is 0.361 e. The number of hydrogen-bond acceptors (Lipinski definition) is 5. The SMILES string of the molecule is CN1N=C2CCN(C(=O)C(Cc3c[nH]c4ccccc34)NC(=O)C(C)(C)N)CC2(Cc2ccc(F)cc2)C1=O. The van der Waals surface area contributed by atoms with Crippen LogP contribution in [0.4, 0.5) is 4.39 Å². The topological polar surface area (TPSA) is 124 Å². The molecular weight excluding hydrogens is 499 g/mol. The summed E-state index contributed by atoms with van der Waals surface area (Å²) in [5, 5.41) is 9.65.